The number of nitrogens with zero attached hydrogens (tertiary/aromatic N) is 3. The number of carbonyl (C=O) groups is 1. The predicted molar refractivity (Wildman–Crippen MR) is 83.2 cm³/mol. The second-order valence-corrected chi connectivity index (χ2v) is 6.69. The van der Waals surface area contributed by atoms with Crippen molar-refractivity contribution < 1.29 is 9.53 Å². The van der Waals surface area contributed by atoms with Gasteiger partial charge in [-0.2, -0.15) is 0 Å². The summed E-state index contributed by atoms with van der Waals surface area (Å²) in [7, 11) is 2.04. The third-order valence-electron chi connectivity index (χ3n) is 4.97. The number of likely N-dealkylation sites (tertiary alicyclic amines) is 1. The maximum atomic E-state index is 11.3. The van der Waals surface area contributed by atoms with Gasteiger partial charge in [0.1, 0.15) is 0 Å². The molecule has 1 spiro atoms. The number of piperidine rings is 1. The molecule has 3 heterocycles. The Labute approximate surface area is 131 Å². The molecule has 6 nitrogen and oxygen atoms in total. The monoisotopic (exact) mass is 306 g/mol. The highest BCUT2D eigenvalue weighted by Gasteiger charge is 2.40. The van der Waals surface area contributed by atoms with Crippen molar-refractivity contribution >= 4 is 5.91 Å². The molecule has 22 heavy (non-hydrogen) atoms. The Morgan fingerprint density at radius 3 is 2.91 bits per heavy atom. The molecule has 0 bridgehead atoms. The predicted octanol–water partition coefficient (Wildman–Crippen LogP) is 1.07. The van der Waals surface area contributed by atoms with Gasteiger partial charge in [-0.25, -0.2) is 4.98 Å². The molecule has 0 saturated carbocycles. The van der Waals surface area contributed by atoms with Crippen molar-refractivity contribution in [1.29, 1.82) is 0 Å². The topological polar surface area (TPSA) is 59.4 Å². The van der Waals surface area contributed by atoms with Gasteiger partial charge in [-0.15, -0.1) is 0 Å². The minimum absolute atomic E-state index is 0.0334. The zero-order valence-electron chi connectivity index (χ0n) is 13.5. The van der Waals surface area contributed by atoms with E-state index < -0.39 is 0 Å². The van der Waals surface area contributed by atoms with Crippen LogP contribution in [0.25, 0.3) is 0 Å². The second-order valence-electron chi connectivity index (χ2n) is 6.69. The standard InChI is InChI=1S/C16H26N4O2/c1-13(21)18-14-3-8-22-16(9-14)4-6-20(7-5-16)11-15-10-17-12-19(15)2/h10,12,14H,3-9,11H2,1-2H3,(H,18,21)/t14-/m0/s1. The summed E-state index contributed by atoms with van der Waals surface area (Å²) in [4.78, 5) is 17.9. The maximum Gasteiger partial charge on any atom is 0.217 e. The third kappa shape index (κ3) is 3.50. The number of aromatic nitrogens is 2. The maximum absolute atomic E-state index is 11.3. The lowest BCUT2D eigenvalue weighted by molar-refractivity contribution is -0.130. The first kappa shape index (κ1) is 15.5. The van der Waals surface area contributed by atoms with Crippen molar-refractivity contribution in [2.45, 2.75) is 50.8 Å². The molecule has 0 radical (unpaired) electrons. The van der Waals surface area contributed by atoms with E-state index in [0.29, 0.717) is 0 Å². The summed E-state index contributed by atoms with van der Waals surface area (Å²) in [5.41, 5.74) is 1.21. The van der Waals surface area contributed by atoms with Crippen LogP contribution in [0.1, 0.15) is 38.3 Å². The van der Waals surface area contributed by atoms with Gasteiger partial charge >= 0.3 is 0 Å². The van der Waals surface area contributed by atoms with Crippen molar-refractivity contribution in [3.8, 4) is 0 Å². The molecular weight excluding hydrogens is 280 g/mol. The summed E-state index contributed by atoms with van der Waals surface area (Å²) in [5.74, 6) is 0.0655. The number of hydrogen-bond acceptors (Lipinski definition) is 4. The molecule has 1 amide bonds. The highest BCUT2D eigenvalue weighted by Crippen LogP contribution is 2.35. The minimum atomic E-state index is -0.0334. The lowest BCUT2D eigenvalue weighted by Crippen LogP contribution is -2.53. The fourth-order valence-corrected chi connectivity index (χ4v) is 3.67. The first-order valence-electron chi connectivity index (χ1n) is 8.15. The molecule has 6 heteroatoms. The summed E-state index contributed by atoms with van der Waals surface area (Å²) >= 11 is 0. The Morgan fingerprint density at radius 1 is 1.50 bits per heavy atom. The third-order valence-corrected chi connectivity index (χ3v) is 4.97. The van der Waals surface area contributed by atoms with Crippen LogP contribution in [0.4, 0.5) is 0 Å². The molecule has 2 aliphatic heterocycles. The molecule has 2 saturated heterocycles. The Kier molecular flexibility index (Phi) is 4.49. The van der Waals surface area contributed by atoms with Gasteiger partial charge in [-0.3, -0.25) is 9.69 Å². The molecule has 3 rings (SSSR count). The van der Waals surface area contributed by atoms with Gasteiger partial charge in [0.15, 0.2) is 0 Å². The van der Waals surface area contributed by atoms with Crippen LogP contribution in [-0.2, 0) is 23.1 Å². The SMILES string of the molecule is CC(=O)N[C@H]1CCOC2(CCN(Cc3cncn3C)CC2)C1. The molecule has 0 aromatic carbocycles. The normalized spacial score (nSPS) is 25.3. The summed E-state index contributed by atoms with van der Waals surface area (Å²) < 4.78 is 8.21. The van der Waals surface area contributed by atoms with Crippen molar-refractivity contribution in [1.82, 2.24) is 19.8 Å². The highest BCUT2D eigenvalue weighted by molar-refractivity contribution is 5.73. The Hall–Kier alpha value is -1.40. The fourth-order valence-electron chi connectivity index (χ4n) is 3.67. The number of hydrogen-bond donors (Lipinski definition) is 1. The van der Waals surface area contributed by atoms with Crippen LogP contribution in [0, 0.1) is 0 Å². The Morgan fingerprint density at radius 2 is 2.27 bits per heavy atom. The number of ether oxygens (including phenoxy) is 1. The van der Waals surface area contributed by atoms with Gasteiger partial charge in [0.2, 0.25) is 5.91 Å². The van der Waals surface area contributed by atoms with Crippen LogP contribution in [-0.4, -0.2) is 51.7 Å². The summed E-state index contributed by atoms with van der Waals surface area (Å²) in [5, 5.41) is 3.06. The van der Waals surface area contributed by atoms with Crippen LogP contribution >= 0.6 is 0 Å². The number of amides is 1. The van der Waals surface area contributed by atoms with E-state index in [-0.39, 0.29) is 17.6 Å². The van der Waals surface area contributed by atoms with Gasteiger partial charge in [-0.05, 0) is 25.7 Å². The quantitative estimate of drug-likeness (QED) is 0.907. The smallest absolute Gasteiger partial charge is 0.217 e. The Balaban J connectivity index is 1.54. The van der Waals surface area contributed by atoms with Gasteiger partial charge in [0, 0.05) is 52.5 Å². The zero-order valence-corrected chi connectivity index (χ0v) is 13.5. The van der Waals surface area contributed by atoms with E-state index in [2.05, 4.69) is 19.8 Å². The molecule has 0 aliphatic carbocycles. The molecule has 2 fully saturated rings. The van der Waals surface area contributed by atoms with Crippen LogP contribution in [0.2, 0.25) is 0 Å². The second kappa shape index (κ2) is 6.38. The minimum Gasteiger partial charge on any atom is -0.375 e. The van der Waals surface area contributed by atoms with Crippen molar-refractivity contribution in [3.63, 3.8) is 0 Å². The fraction of sp³-hybridized carbons (Fsp3) is 0.750. The van der Waals surface area contributed by atoms with Gasteiger partial charge in [0.25, 0.3) is 0 Å². The Bertz CT molecular complexity index is 520. The first-order valence-corrected chi connectivity index (χ1v) is 8.15. The average Bonchev–Trinajstić information content (AvgIpc) is 2.87. The summed E-state index contributed by atoms with van der Waals surface area (Å²) in [6.07, 6.45) is 7.76. The molecule has 1 aromatic rings. The van der Waals surface area contributed by atoms with E-state index in [0.717, 1.165) is 51.9 Å². The van der Waals surface area contributed by atoms with E-state index in [1.807, 2.05) is 19.6 Å². The van der Waals surface area contributed by atoms with E-state index >= 15 is 0 Å². The number of nitrogens with one attached hydrogen (secondary N) is 1. The molecule has 2 aliphatic rings. The van der Waals surface area contributed by atoms with Crippen molar-refractivity contribution in [2.75, 3.05) is 19.7 Å². The molecule has 1 atom stereocenters. The molecule has 1 aromatic heterocycles. The van der Waals surface area contributed by atoms with Crippen LogP contribution < -0.4 is 5.32 Å². The largest absolute Gasteiger partial charge is 0.375 e. The molecule has 1 N–H and O–H groups in total. The lowest BCUT2D eigenvalue weighted by atomic mass is 9.82. The molecular formula is C16H26N4O2. The first-order chi connectivity index (χ1) is 10.6. The van der Waals surface area contributed by atoms with Gasteiger partial charge in [-0.1, -0.05) is 0 Å². The van der Waals surface area contributed by atoms with Gasteiger partial charge < -0.3 is 14.6 Å². The number of carbonyl (C=O) groups excluding carboxylic acids is 1. The summed E-state index contributed by atoms with van der Waals surface area (Å²) in [6.45, 7) is 5.38. The zero-order chi connectivity index (χ0) is 15.6. The van der Waals surface area contributed by atoms with Gasteiger partial charge in [0.05, 0.1) is 17.6 Å². The lowest BCUT2D eigenvalue weighted by Gasteiger charge is -2.46. The van der Waals surface area contributed by atoms with E-state index in [9.17, 15) is 4.79 Å². The van der Waals surface area contributed by atoms with E-state index in [1.54, 1.807) is 6.92 Å². The molecule has 0 unspecified atom stereocenters. The molecule has 122 valence electrons. The summed E-state index contributed by atoms with van der Waals surface area (Å²) in [6, 6.07) is 0.273. The van der Waals surface area contributed by atoms with E-state index in [4.69, 9.17) is 4.74 Å². The van der Waals surface area contributed by atoms with Crippen LogP contribution in [0.5, 0.6) is 0 Å². The van der Waals surface area contributed by atoms with E-state index in [1.165, 1.54) is 5.69 Å². The number of imidazole rings is 1. The highest BCUT2D eigenvalue weighted by atomic mass is 16.5. The average molecular weight is 306 g/mol. The number of aryl methyl sites for hydroxylation is 1. The van der Waals surface area contributed by atoms with Crippen LogP contribution in [0.15, 0.2) is 12.5 Å². The van der Waals surface area contributed by atoms with Crippen molar-refractivity contribution in [3.05, 3.63) is 18.2 Å². The van der Waals surface area contributed by atoms with Crippen LogP contribution in [0.3, 0.4) is 0 Å². The van der Waals surface area contributed by atoms with Crippen molar-refractivity contribution in [2.24, 2.45) is 7.05 Å². The number of rotatable bonds is 3.